The van der Waals surface area contributed by atoms with Crippen molar-refractivity contribution in [3.05, 3.63) is 71.7 Å². The fourth-order valence-electron chi connectivity index (χ4n) is 5.70. The van der Waals surface area contributed by atoms with Crippen LogP contribution in [0.25, 0.3) is 10.9 Å². The van der Waals surface area contributed by atoms with Gasteiger partial charge in [-0.3, -0.25) is 9.69 Å². The van der Waals surface area contributed by atoms with Crippen molar-refractivity contribution in [3.8, 4) is 11.5 Å². The Morgan fingerprint density at radius 2 is 2.09 bits per heavy atom. The molecule has 0 radical (unpaired) electrons. The Labute approximate surface area is 206 Å². The number of aromatic nitrogens is 1. The quantitative estimate of drug-likeness (QED) is 0.425. The Balaban J connectivity index is 1.64. The van der Waals surface area contributed by atoms with Crippen molar-refractivity contribution in [1.29, 1.82) is 0 Å². The van der Waals surface area contributed by atoms with Gasteiger partial charge in [-0.2, -0.15) is 0 Å². The number of benzene rings is 2. The van der Waals surface area contributed by atoms with E-state index in [0.29, 0.717) is 25.4 Å². The van der Waals surface area contributed by atoms with E-state index in [4.69, 9.17) is 4.74 Å². The minimum absolute atomic E-state index is 0.0742. The van der Waals surface area contributed by atoms with Gasteiger partial charge in [0.15, 0.2) is 0 Å². The van der Waals surface area contributed by atoms with Crippen LogP contribution in [-0.2, 0) is 11.2 Å². The second kappa shape index (κ2) is 8.96. The first-order valence-electron chi connectivity index (χ1n) is 12.5. The SMILES string of the molecule is C=C1N(CCCNCC)C(=O)[C@]2(C)Cc3c([nH]c4ccc(OCC)cc34)[C@@H](c3cccc(O)c3)N12. The molecule has 0 saturated carbocycles. The van der Waals surface area contributed by atoms with E-state index in [1.807, 2.05) is 43.0 Å². The highest BCUT2D eigenvalue weighted by Crippen LogP contribution is 2.51. The largest absolute Gasteiger partial charge is 0.508 e. The van der Waals surface area contributed by atoms with Crippen LogP contribution < -0.4 is 10.1 Å². The smallest absolute Gasteiger partial charge is 0.254 e. The predicted octanol–water partition coefficient (Wildman–Crippen LogP) is 4.29. The van der Waals surface area contributed by atoms with Gasteiger partial charge >= 0.3 is 0 Å². The van der Waals surface area contributed by atoms with E-state index < -0.39 is 5.54 Å². The summed E-state index contributed by atoms with van der Waals surface area (Å²) < 4.78 is 5.78. The molecule has 2 aromatic carbocycles. The predicted molar refractivity (Wildman–Crippen MR) is 137 cm³/mol. The molecule has 1 amide bonds. The van der Waals surface area contributed by atoms with Gasteiger partial charge in [-0.1, -0.05) is 25.6 Å². The van der Waals surface area contributed by atoms with Crippen molar-refractivity contribution in [2.45, 2.75) is 45.2 Å². The van der Waals surface area contributed by atoms with E-state index in [9.17, 15) is 9.90 Å². The fraction of sp³-hybridized carbons (Fsp3) is 0.393. The van der Waals surface area contributed by atoms with Crippen LogP contribution in [0.1, 0.15) is 50.1 Å². The van der Waals surface area contributed by atoms with E-state index >= 15 is 0 Å². The normalized spacial score (nSPS) is 21.5. The van der Waals surface area contributed by atoms with Crippen molar-refractivity contribution in [2.75, 3.05) is 26.2 Å². The van der Waals surface area contributed by atoms with Crippen LogP contribution in [-0.4, -0.2) is 57.6 Å². The molecule has 3 heterocycles. The third kappa shape index (κ3) is 3.74. The molecule has 0 unspecified atom stereocenters. The Morgan fingerprint density at radius 3 is 2.83 bits per heavy atom. The number of fused-ring (bicyclic) bond motifs is 4. The van der Waals surface area contributed by atoms with Gasteiger partial charge in [0.05, 0.1) is 12.6 Å². The van der Waals surface area contributed by atoms with Crippen molar-refractivity contribution < 1.29 is 14.6 Å². The van der Waals surface area contributed by atoms with Crippen molar-refractivity contribution in [3.63, 3.8) is 0 Å². The summed E-state index contributed by atoms with van der Waals surface area (Å²) in [6.45, 7) is 13.4. The third-order valence-electron chi connectivity index (χ3n) is 7.27. The minimum atomic E-state index is -0.783. The molecular weight excluding hydrogens is 440 g/mol. The van der Waals surface area contributed by atoms with Crippen LogP contribution in [0.3, 0.4) is 0 Å². The Bertz CT molecular complexity index is 1280. The first-order valence-corrected chi connectivity index (χ1v) is 12.5. The Kier molecular flexibility index (Phi) is 5.97. The number of aromatic hydroxyl groups is 1. The minimum Gasteiger partial charge on any atom is -0.508 e. The van der Waals surface area contributed by atoms with Crippen LogP contribution in [0.4, 0.5) is 0 Å². The van der Waals surface area contributed by atoms with Crippen LogP contribution in [0.2, 0.25) is 0 Å². The van der Waals surface area contributed by atoms with Crippen molar-refractivity contribution >= 4 is 16.8 Å². The summed E-state index contributed by atoms with van der Waals surface area (Å²) in [6.07, 6.45) is 1.42. The van der Waals surface area contributed by atoms with Crippen LogP contribution in [0.15, 0.2) is 54.9 Å². The number of phenolic OH excluding ortho intramolecular Hbond substituents is 1. The maximum atomic E-state index is 13.9. The average molecular weight is 475 g/mol. The van der Waals surface area contributed by atoms with Gasteiger partial charge in [0.1, 0.15) is 22.9 Å². The zero-order valence-corrected chi connectivity index (χ0v) is 20.7. The van der Waals surface area contributed by atoms with Gasteiger partial charge in [-0.05, 0) is 74.8 Å². The molecule has 2 aliphatic rings. The summed E-state index contributed by atoms with van der Waals surface area (Å²) >= 11 is 0. The first kappa shape index (κ1) is 23.3. The topological polar surface area (TPSA) is 80.8 Å². The monoisotopic (exact) mass is 474 g/mol. The fourth-order valence-corrected chi connectivity index (χ4v) is 5.70. The van der Waals surface area contributed by atoms with E-state index in [1.54, 1.807) is 12.1 Å². The molecule has 3 aromatic rings. The Morgan fingerprint density at radius 1 is 1.26 bits per heavy atom. The molecule has 0 spiro atoms. The number of aromatic amines is 1. The lowest BCUT2D eigenvalue weighted by Gasteiger charge is -2.44. The van der Waals surface area contributed by atoms with Gasteiger partial charge < -0.3 is 25.0 Å². The molecule has 35 heavy (non-hydrogen) atoms. The van der Waals surface area contributed by atoms with Gasteiger partial charge in [0.2, 0.25) is 0 Å². The lowest BCUT2D eigenvalue weighted by Crippen LogP contribution is -2.52. The molecule has 7 nitrogen and oxygen atoms in total. The number of rotatable bonds is 8. The highest BCUT2D eigenvalue weighted by molar-refractivity contribution is 5.94. The third-order valence-corrected chi connectivity index (χ3v) is 7.27. The number of hydrogen-bond acceptors (Lipinski definition) is 5. The average Bonchev–Trinajstić information content (AvgIpc) is 3.28. The molecule has 1 saturated heterocycles. The van der Waals surface area contributed by atoms with E-state index in [2.05, 4.69) is 34.8 Å². The van der Waals surface area contributed by atoms with E-state index in [-0.39, 0.29) is 17.7 Å². The molecule has 2 atom stereocenters. The van der Waals surface area contributed by atoms with E-state index in [0.717, 1.165) is 53.0 Å². The molecule has 1 fully saturated rings. The summed E-state index contributed by atoms with van der Waals surface area (Å²) in [7, 11) is 0. The maximum absolute atomic E-state index is 13.9. The lowest BCUT2D eigenvalue weighted by atomic mass is 9.81. The number of H-pyrrole nitrogens is 1. The Hall–Kier alpha value is -3.45. The highest BCUT2D eigenvalue weighted by atomic mass is 16.5. The zero-order valence-electron chi connectivity index (χ0n) is 20.7. The summed E-state index contributed by atoms with van der Waals surface area (Å²) in [5, 5.41) is 14.7. The number of ether oxygens (including phenoxy) is 1. The first-order chi connectivity index (χ1) is 16.9. The summed E-state index contributed by atoms with van der Waals surface area (Å²) in [6, 6.07) is 13.1. The second-order valence-electron chi connectivity index (χ2n) is 9.56. The number of hydrogen-bond donors (Lipinski definition) is 3. The van der Waals surface area contributed by atoms with Crippen molar-refractivity contribution in [2.24, 2.45) is 0 Å². The molecule has 7 heteroatoms. The number of carbonyl (C=O) groups excluding carboxylic acids is 1. The molecule has 2 aliphatic heterocycles. The summed E-state index contributed by atoms with van der Waals surface area (Å²) in [5.41, 5.74) is 3.28. The number of phenols is 1. The van der Waals surface area contributed by atoms with Gasteiger partial charge in [-0.25, -0.2) is 0 Å². The van der Waals surface area contributed by atoms with Crippen LogP contribution >= 0.6 is 0 Å². The number of carbonyl (C=O) groups is 1. The molecule has 5 rings (SSSR count). The van der Waals surface area contributed by atoms with E-state index in [1.165, 1.54) is 0 Å². The number of nitrogens with zero attached hydrogens (tertiary/aromatic N) is 2. The number of nitrogens with one attached hydrogen (secondary N) is 2. The van der Waals surface area contributed by atoms with Gasteiger partial charge in [0.25, 0.3) is 5.91 Å². The molecule has 184 valence electrons. The van der Waals surface area contributed by atoms with Crippen LogP contribution in [0.5, 0.6) is 11.5 Å². The molecule has 1 aromatic heterocycles. The lowest BCUT2D eigenvalue weighted by molar-refractivity contribution is -0.133. The molecule has 0 bridgehead atoms. The number of amides is 1. The van der Waals surface area contributed by atoms with Crippen LogP contribution in [0, 0.1) is 0 Å². The standard InChI is InChI=1S/C28H34N4O3/c1-5-29-13-8-14-31-18(3)32-26(19-9-7-10-20(33)15-19)25-23(17-28(32,4)27(31)34)22-16-21(35-6-2)11-12-24(22)30-25/h7,9-12,15-16,26,29-30,33H,3,5-6,8,13-14,17H2,1-2,4H3/t26-,28+/m1/s1. The van der Waals surface area contributed by atoms with Crippen molar-refractivity contribution in [1.82, 2.24) is 20.1 Å². The maximum Gasteiger partial charge on any atom is 0.254 e. The molecule has 0 aliphatic carbocycles. The summed E-state index contributed by atoms with van der Waals surface area (Å²) in [5.74, 6) is 1.80. The van der Waals surface area contributed by atoms with Gasteiger partial charge in [-0.15, -0.1) is 0 Å². The molecular formula is C28H34N4O3. The summed E-state index contributed by atoms with van der Waals surface area (Å²) in [4.78, 5) is 21.6. The molecule has 3 N–H and O–H groups in total. The highest BCUT2D eigenvalue weighted by Gasteiger charge is 2.57. The second-order valence-corrected chi connectivity index (χ2v) is 9.56. The zero-order chi connectivity index (χ0) is 24.7. The van der Waals surface area contributed by atoms with Gasteiger partial charge in [0, 0.05) is 29.6 Å².